The van der Waals surface area contributed by atoms with E-state index in [1.807, 2.05) is 6.07 Å². The van der Waals surface area contributed by atoms with E-state index in [-0.39, 0.29) is 0 Å². The lowest BCUT2D eigenvalue weighted by Crippen LogP contribution is -1.76. The Labute approximate surface area is 65.3 Å². The number of hydrogen-bond donors (Lipinski definition) is 0. The molecule has 1 atom stereocenters. The van der Waals surface area contributed by atoms with Gasteiger partial charge in [0, 0.05) is 15.0 Å². The van der Waals surface area contributed by atoms with E-state index < -0.39 is 10.1 Å². The minimum Gasteiger partial charge on any atom is -0.763 e. The molecule has 1 unspecified atom stereocenters. The smallest absolute Gasteiger partial charge is 0.0196 e. The molecule has 0 heterocycles. The van der Waals surface area contributed by atoms with Gasteiger partial charge in [-0.25, -0.2) is 0 Å². The molecule has 2 nitrogen and oxygen atoms in total. The van der Waals surface area contributed by atoms with Crippen molar-refractivity contribution in [3.8, 4) is 0 Å². The van der Waals surface area contributed by atoms with Crippen molar-refractivity contribution in [1.29, 1.82) is 0 Å². The van der Waals surface area contributed by atoms with Crippen molar-refractivity contribution in [3.63, 3.8) is 0 Å². The normalized spacial score (nSPS) is 12.9. The molecule has 0 aliphatic heterocycles. The van der Waals surface area contributed by atoms with Crippen LogP contribution in [0, 0.1) is 0 Å². The van der Waals surface area contributed by atoms with Gasteiger partial charge in [0.15, 0.2) is 0 Å². The average molecular weight is 173 g/mol. The molecule has 54 valence electrons. The summed E-state index contributed by atoms with van der Waals surface area (Å²) in [5.41, 5.74) is 0. The second-order valence-electron chi connectivity index (χ2n) is 1.60. The molecule has 0 N–H and O–H groups in total. The molecule has 4 heteroatoms. The Morgan fingerprint density at radius 3 is 2.40 bits per heavy atom. The summed E-state index contributed by atoms with van der Waals surface area (Å²) in [5, 5.41) is 0. The zero-order chi connectivity index (χ0) is 7.40. The molecular formula is C6H5O2S2-. The van der Waals surface area contributed by atoms with E-state index in [9.17, 15) is 8.76 Å². The van der Waals surface area contributed by atoms with Crippen LogP contribution in [0.3, 0.4) is 0 Å². The summed E-state index contributed by atoms with van der Waals surface area (Å²) in [7, 11) is -1.23. The van der Waals surface area contributed by atoms with Crippen LogP contribution in [-0.2, 0) is 10.1 Å². The molecule has 0 radical (unpaired) electrons. The van der Waals surface area contributed by atoms with Crippen LogP contribution in [0.4, 0.5) is 0 Å². The van der Waals surface area contributed by atoms with Crippen LogP contribution in [0.25, 0.3) is 0 Å². The van der Waals surface area contributed by atoms with Gasteiger partial charge in [0.2, 0.25) is 0 Å². The van der Waals surface area contributed by atoms with E-state index in [1.54, 1.807) is 24.3 Å². The first-order valence-electron chi connectivity index (χ1n) is 2.61. The summed E-state index contributed by atoms with van der Waals surface area (Å²) >= 11 is 0. The van der Waals surface area contributed by atoms with Crippen molar-refractivity contribution in [1.82, 2.24) is 0 Å². The van der Waals surface area contributed by atoms with Gasteiger partial charge in [0.25, 0.3) is 0 Å². The third-order valence-corrected chi connectivity index (χ3v) is 2.49. The molecule has 0 aliphatic rings. The topological polar surface area (TPSA) is 40.1 Å². The highest BCUT2D eigenvalue weighted by Gasteiger charge is 1.88. The number of hydrogen-bond acceptors (Lipinski definition) is 3. The Kier molecular flexibility index (Phi) is 2.92. The molecule has 1 rings (SSSR count). The molecule has 0 aliphatic carbocycles. The van der Waals surface area contributed by atoms with Gasteiger partial charge < -0.3 is 4.55 Å². The maximum Gasteiger partial charge on any atom is 0.0196 e. The summed E-state index contributed by atoms with van der Waals surface area (Å²) in [6, 6.07) is 8.95. The van der Waals surface area contributed by atoms with Crippen LogP contribution in [0.2, 0.25) is 0 Å². The van der Waals surface area contributed by atoms with E-state index in [4.69, 9.17) is 0 Å². The van der Waals surface area contributed by atoms with Crippen molar-refractivity contribution in [2.24, 2.45) is 0 Å². The summed E-state index contributed by atoms with van der Waals surface area (Å²) in [6.45, 7) is 0. The van der Waals surface area contributed by atoms with Crippen molar-refractivity contribution >= 4 is 20.9 Å². The molecule has 0 spiro atoms. The lowest BCUT2D eigenvalue weighted by Gasteiger charge is -2.01. The van der Waals surface area contributed by atoms with Crippen LogP contribution in [-0.4, -0.2) is 8.76 Å². The second kappa shape index (κ2) is 3.75. The molecule has 0 bridgehead atoms. The van der Waals surface area contributed by atoms with Crippen molar-refractivity contribution < 1.29 is 8.76 Å². The average Bonchev–Trinajstić information content (AvgIpc) is 1.88. The SMILES string of the molecule is O=S([O-])Sc1ccccc1. The number of rotatable bonds is 2. The van der Waals surface area contributed by atoms with Gasteiger partial charge in [0.1, 0.15) is 0 Å². The molecule has 0 fully saturated rings. The Balaban J connectivity index is 2.67. The van der Waals surface area contributed by atoms with E-state index in [0.29, 0.717) is 0 Å². The Bertz CT molecular complexity index is 222. The van der Waals surface area contributed by atoms with Crippen LogP contribution in [0.15, 0.2) is 35.2 Å². The quantitative estimate of drug-likeness (QED) is 0.503. The maximum atomic E-state index is 10.1. The summed E-state index contributed by atoms with van der Waals surface area (Å²) in [6.07, 6.45) is 0. The predicted molar refractivity (Wildman–Crippen MR) is 41.2 cm³/mol. The largest absolute Gasteiger partial charge is 0.763 e. The first-order chi connectivity index (χ1) is 4.79. The summed E-state index contributed by atoms with van der Waals surface area (Å²) in [4.78, 5) is 0.746. The highest BCUT2D eigenvalue weighted by atomic mass is 33.1. The molecule has 0 saturated carbocycles. The van der Waals surface area contributed by atoms with Crippen molar-refractivity contribution in [2.75, 3.05) is 0 Å². The predicted octanol–water partition coefficient (Wildman–Crippen LogP) is 1.57. The molecule has 0 aromatic heterocycles. The molecule has 0 saturated heterocycles. The fourth-order valence-corrected chi connectivity index (χ4v) is 1.78. The number of benzene rings is 1. The van der Waals surface area contributed by atoms with Gasteiger partial charge in [-0.15, -0.1) is 0 Å². The van der Waals surface area contributed by atoms with Gasteiger partial charge in [-0.3, -0.25) is 4.21 Å². The minimum atomic E-state index is -2.05. The summed E-state index contributed by atoms with van der Waals surface area (Å²) in [5.74, 6) is 0. The Morgan fingerprint density at radius 2 is 1.90 bits per heavy atom. The Hall–Kier alpha value is -0.320. The van der Waals surface area contributed by atoms with E-state index in [0.717, 1.165) is 15.7 Å². The monoisotopic (exact) mass is 173 g/mol. The van der Waals surface area contributed by atoms with Gasteiger partial charge in [-0.05, 0) is 22.9 Å². The Morgan fingerprint density at radius 1 is 1.30 bits per heavy atom. The first-order valence-corrected chi connectivity index (χ1v) is 5.02. The van der Waals surface area contributed by atoms with E-state index in [2.05, 4.69) is 0 Å². The third-order valence-electron chi connectivity index (χ3n) is 0.907. The van der Waals surface area contributed by atoms with Crippen LogP contribution < -0.4 is 0 Å². The lowest BCUT2D eigenvalue weighted by molar-refractivity contribution is 0.553. The van der Waals surface area contributed by atoms with E-state index >= 15 is 0 Å². The summed E-state index contributed by atoms with van der Waals surface area (Å²) < 4.78 is 20.3. The van der Waals surface area contributed by atoms with Gasteiger partial charge in [-0.2, -0.15) is 0 Å². The van der Waals surface area contributed by atoms with Gasteiger partial charge in [-0.1, -0.05) is 18.2 Å². The molecule has 1 aromatic carbocycles. The fourth-order valence-electron chi connectivity index (χ4n) is 0.555. The van der Waals surface area contributed by atoms with Gasteiger partial charge in [0.05, 0.1) is 0 Å². The van der Waals surface area contributed by atoms with Crippen LogP contribution >= 0.6 is 10.8 Å². The third kappa shape index (κ3) is 2.51. The van der Waals surface area contributed by atoms with Crippen molar-refractivity contribution in [2.45, 2.75) is 4.90 Å². The standard InChI is InChI=1S/C6H6O2S2/c7-10(8)9-6-4-2-1-3-5-6/h1-5H,(H,7,8)/p-1. The molecule has 10 heavy (non-hydrogen) atoms. The lowest BCUT2D eigenvalue weighted by atomic mass is 10.4. The zero-order valence-corrected chi connectivity index (χ0v) is 6.65. The van der Waals surface area contributed by atoms with Crippen LogP contribution in [0.1, 0.15) is 0 Å². The molecule has 1 aromatic rings. The highest BCUT2D eigenvalue weighted by Crippen LogP contribution is 2.18. The van der Waals surface area contributed by atoms with Gasteiger partial charge >= 0.3 is 0 Å². The molecule has 0 amide bonds. The van der Waals surface area contributed by atoms with Crippen LogP contribution in [0.5, 0.6) is 0 Å². The fraction of sp³-hybridized carbons (Fsp3) is 0. The maximum absolute atomic E-state index is 10.1. The minimum absolute atomic E-state index is 0.746. The second-order valence-corrected chi connectivity index (χ2v) is 3.96. The zero-order valence-electron chi connectivity index (χ0n) is 5.02. The van der Waals surface area contributed by atoms with E-state index in [1.165, 1.54) is 0 Å². The highest BCUT2D eigenvalue weighted by molar-refractivity contribution is 8.67. The van der Waals surface area contributed by atoms with Crippen molar-refractivity contribution in [3.05, 3.63) is 30.3 Å². The molecular weight excluding hydrogens is 168 g/mol. The first kappa shape index (κ1) is 7.78.